The molecule has 16 heteroatoms. The van der Waals surface area contributed by atoms with E-state index in [2.05, 4.69) is 31.4 Å². The number of halogens is 1. The second-order valence-electron chi connectivity index (χ2n) is 15.6. The molecule has 0 spiro atoms. The molecule has 3 N–H and O–H groups in total. The molecule has 2 aliphatic rings. The summed E-state index contributed by atoms with van der Waals surface area (Å²) in [5.41, 5.74) is 8.83. The number of carbonyl (C=O) groups is 4. The third kappa shape index (κ3) is 9.08. The van der Waals surface area contributed by atoms with Gasteiger partial charge in [0.15, 0.2) is 16.4 Å². The normalized spacial score (nSPS) is 19.0. The molecule has 0 aliphatic carbocycles. The second-order valence-corrected chi connectivity index (χ2v) is 18.8. The first-order valence-corrected chi connectivity index (χ1v) is 24.7. The minimum Gasteiger partial charge on any atom is -0.464 e. The van der Waals surface area contributed by atoms with Gasteiger partial charge in [0.05, 0.1) is 34.6 Å². The van der Waals surface area contributed by atoms with E-state index in [-0.39, 0.29) is 39.9 Å². The Hall–Kier alpha value is -6.75. The van der Waals surface area contributed by atoms with E-state index in [0.717, 1.165) is 39.3 Å². The number of aromatic nitrogens is 1. The van der Waals surface area contributed by atoms with Crippen molar-refractivity contribution in [2.24, 2.45) is 5.16 Å². The van der Waals surface area contributed by atoms with Crippen molar-refractivity contribution in [3.8, 4) is 10.4 Å². The molecule has 0 radical (unpaired) electrons. The lowest BCUT2D eigenvalue weighted by Gasteiger charge is -2.58. The van der Waals surface area contributed by atoms with Crippen LogP contribution in [0.2, 0.25) is 0 Å². The van der Waals surface area contributed by atoms with Gasteiger partial charge in [0.2, 0.25) is 6.61 Å². The van der Waals surface area contributed by atoms with Crippen LogP contribution < -0.4 is 11.1 Å². The molecule has 1 fully saturated rings. The number of methoxy groups -OCH3 is 1. The molecule has 2 amide bonds. The molecular weight excluding hydrogens is 955 g/mol. The van der Waals surface area contributed by atoms with Crippen molar-refractivity contribution in [1.82, 2.24) is 15.2 Å². The number of nitrogens with two attached hydrogens (primary N) is 1. The van der Waals surface area contributed by atoms with E-state index in [1.165, 1.54) is 7.11 Å². The number of hydrogen-bond donors (Lipinski definition) is 2. The summed E-state index contributed by atoms with van der Waals surface area (Å²) in [6, 6.07) is 45.1. The van der Waals surface area contributed by atoms with Crippen molar-refractivity contribution >= 4 is 72.7 Å². The Bertz CT molecular complexity index is 2820. The van der Waals surface area contributed by atoms with Crippen molar-refractivity contribution in [2.75, 3.05) is 31.4 Å². The van der Waals surface area contributed by atoms with Gasteiger partial charge in [0.25, 0.3) is 11.8 Å². The lowest BCUT2D eigenvalue weighted by Crippen LogP contribution is -2.80. The number of benzene rings is 5. The van der Waals surface area contributed by atoms with Crippen molar-refractivity contribution in [3.05, 3.63) is 190 Å². The van der Waals surface area contributed by atoms with Crippen molar-refractivity contribution in [3.63, 3.8) is 0 Å². The Morgan fingerprint density at radius 2 is 1.49 bits per heavy atom. The van der Waals surface area contributed by atoms with Crippen LogP contribution in [0.4, 0.5) is 5.13 Å². The molecule has 4 atom stereocenters. The molecule has 342 valence electrons. The van der Waals surface area contributed by atoms with Crippen LogP contribution >= 0.6 is 27.3 Å². The van der Waals surface area contributed by atoms with Crippen LogP contribution in [0.15, 0.2) is 162 Å². The van der Waals surface area contributed by atoms with Crippen LogP contribution in [0, 0.1) is 0 Å². The standard InChI is InChI=1S/C51H46BrN5O8S2/c1-3-4-29-64-39(58)31-65-56-42(41-44(66-50(53)54-41)37-28-18-17-27-36(37)40(32-19-9-5-10-20-32)33-21-11-6-12-22-33)46(59)55-51(35-25-15-8-16-26-35)48(61)57-43(47(60)63-2)38(30-52)45(67(62)49(51)57)34-23-13-7-14-24-34/h5-28,40,45,49H,3-4,29-31H2,1-2H3,(H2,53,54)(H,55,59)/t45-,49-,51?,67+/m1/s1. The van der Waals surface area contributed by atoms with Gasteiger partial charge in [-0.15, -0.1) is 0 Å². The van der Waals surface area contributed by atoms with Crippen LogP contribution in [-0.2, 0) is 49.8 Å². The number of ether oxygens (including phenoxy) is 2. The Morgan fingerprint density at radius 1 is 0.896 bits per heavy atom. The zero-order chi connectivity index (χ0) is 47.1. The fourth-order valence-electron chi connectivity index (χ4n) is 8.58. The highest BCUT2D eigenvalue weighted by Gasteiger charge is 2.70. The first-order chi connectivity index (χ1) is 32.6. The number of nitrogen functional groups attached to an aromatic ring is 1. The number of anilines is 1. The predicted molar refractivity (Wildman–Crippen MR) is 261 cm³/mol. The van der Waals surface area contributed by atoms with Crippen LogP contribution in [0.25, 0.3) is 10.4 Å². The number of amides is 2. The number of hydrogen-bond acceptors (Lipinski definition) is 12. The molecular formula is C51H46BrN5O8S2. The van der Waals surface area contributed by atoms with E-state index in [1.807, 2.05) is 97.9 Å². The number of rotatable bonds is 17. The number of nitrogens with one attached hydrogen (secondary N) is 1. The first-order valence-electron chi connectivity index (χ1n) is 21.5. The van der Waals surface area contributed by atoms with Gasteiger partial charge in [-0.25, -0.2) is 14.6 Å². The highest BCUT2D eigenvalue weighted by atomic mass is 79.9. The van der Waals surface area contributed by atoms with Gasteiger partial charge in [0, 0.05) is 11.2 Å². The maximum Gasteiger partial charge on any atom is 0.354 e. The first kappa shape index (κ1) is 46.8. The van der Waals surface area contributed by atoms with E-state index in [4.69, 9.17) is 20.0 Å². The number of thiazole rings is 1. The van der Waals surface area contributed by atoms with Gasteiger partial charge in [-0.05, 0) is 45.4 Å². The molecule has 0 bridgehead atoms. The van der Waals surface area contributed by atoms with Gasteiger partial charge in [-0.2, -0.15) is 0 Å². The Morgan fingerprint density at radius 3 is 2.10 bits per heavy atom. The zero-order valence-corrected chi connectivity index (χ0v) is 39.7. The number of unbranched alkanes of at least 4 members (excludes halogenated alkanes) is 1. The third-order valence-corrected chi connectivity index (χ3v) is 15.2. The molecule has 5 aromatic carbocycles. The van der Waals surface area contributed by atoms with Crippen LogP contribution in [0.3, 0.4) is 0 Å². The molecule has 0 saturated carbocycles. The lowest BCUT2D eigenvalue weighted by atomic mass is 9.79. The molecule has 1 unspecified atom stereocenters. The van der Waals surface area contributed by atoms with E-state index >= 15 is 13.8 Å². The second kappa shape index (κ2) is 20.8. The maximum absolute atomic E-state index is 15.4. The number of alkyl halides is 1. The van der Waals surface area contributed by atoms with Crippen LogP contribution in [0.5, 0.6) is 0 Å². The number of β-lactam (4-membered cyclic amide) rings is 1. The van der Waals surface area contributed by atoms with Crippen LogP contribution in [-0.4, -0.2) is 74.6 Å². The van der Waals surface area contributed by atoms with Crippen LogP contribution in [0.1, 0.15) is 64.4 Å². The lowest BCUT2D eigenvalue weighted by molar-refractivity contribution is -0.160. The van der Waals surface area contributed by atoms with Crippen molar-refractivity contribution in [2.45, 2.75) is 41.8 Å². The highest BCUT2D eigenvalue weighted by Crippen LogP contribution is 2.53. The summed E-state index contributed by atoms with van der Waals surface area (Å²) in [7, 11) is -0.809. The van der Waals surface area contributed by atoms with E-state index in [1.54, 1.807) is 54.6 Å². The van der Waals surface area contributed by atoms with Gasteiger partial charge >= 0.3 is 11.9 Å². The average Bonchev–Trinajstić information content (AvgIpc) is 3.75. The third-order valence-electron chi connectivity index (χ3n) is 11.6. The highest BCUT2D eigenvalue weighted by molar-refractivity contribution is 9.09. The number of carbonyl (C=O) groups excluding carboxylic acids is 4. The quantitative estimate of drug-likeness (QED) is 0.0172. The summed E-state index contributed by atoms with van der Waals surface area (Å²) in [5, 5.41) is 5.18. The van der Waals surface area contributed by atoms with E-state index < -0.39 is 63.0 Å². The van der Waals surface area contributed by atoms with E-state index in [0.29, 0.717) is 28.0 Å². The molecule has 6 aromatic rings. The van der Waals surface area contributed by atoms with Crippen molar-refractivity contribution in [1.29, 1.82) is 0 Å². The predicted octanol–water partition coefficient (Wildman–Crippen LogP) is 8.14. The molecule has 1 saturated heterocycles. The molecule has 8 rings (SSSR count). The maximum atomic E-state index is 15.4. The molecule has 2 aliphatic heterocycles. The van der Waals surface area contributed by atoms with Gasteiger partial charge in [0.1, 0.15) is 16.8 Å². The monoisotopic (exact) mass is 999 g/mol. The molecule has 1 aromatic heterocycles. The largest absolute Gasteiger partial charge is 0.464 e. The Labute approximate surface area is 402 Å². The SMILES string of the molecule is CCCCOC(=O)CON=C(C(=O)NC1(c2ccccc2)C(=O)N2C(C(=O)OC)=C(CBr)[C@@H](c3ccccc3)[S@](=O)[C@@H]21)c1nc(N)sc1-c1ccccc1C(c1ccccc1)c1ccccc1. The Kier molecular flexibility index (Phi) is 14.5. The van der Waals surface area contributed by atoms with Gasteiger partial charge < -0.3 is 25.4 Å². The summed E-state index contributed by atoms with van der Waals surface area (Å²) in [4.78, 5) is 69.1. The average molecular weight is 1000 g/mol. The smallest absolute Gasteiger partial charge is 0.354 e. The number of esters is 2. The summed E-state index contributed by atoms with van der Waals surface area (Å²) >= 11 is 4.62. The summed E-state index contributed by atoms with van der Waals surface area (Å²) in [6.45, 7) is 1.48. The van der Waals surface area contributed by atoms with Crippen molar-refractivity contribution < 1.29 is 37.7 Å². The number of fused-ring (bicyclic) bond motifs is 1. The zero-order valence-electron chi connectivity index (χ0n) is 36.5. The fourth-order valence-corrected chi connectivity index (χ4v) is 12.5. The summed E-state index contributed by atoms with van der Waals surface area (Å²) in [5.74, 6) is -3.52. The molecule has 67 heavy (non-hydrogen) atoms. The van der Waals surface area contributed by atoms with E-state index in [9.17, 15) is 9.59 Å². The Balaban J connectivity index is 1.28. The summed E-state index contributed by atoms with van der Waals surface area (Å²) < 4.78 is 25.9. The molecule has 13 nitrogen and oxygen atoms in total. The van der Waals surface area contributed by atoms with Gasteiger partial charge in [-0.3, -0.25) is 18.7 Å². The molecule has 3 heterocycles. The topological polar surface area (TPSA) is 180 Å². The fraction of sp³-hybridized carbons (Fsp3) is 0.216. The minimum absolute atomic E-state index is 0.00200. The number of nitrogens with zero attached hydrogens (tertiary/aromatic N) is 3. The van der Waals surface area contributed by atoms with Gasteiger partial charge in [-0.1, -0.05) is 191 Å². The number of oxime groups is 1. The minimum atomic E-state index is -2.04. The summed E-state index contributed by atoms with van der Waals surface area (Å²) in [6.07, 6.45) is 1.44.